The molecule has 26 heavy (non-hydrogen) atoms. The minimum atomic E-state index is -0.287. The number of aliphatic hydroxyl groups excluding tert-OH is 1. The van der Waals surface area contributed by atoms with Crippen LogP contribution in [-0.2, 0) is 6.61 Å². The predicted octanol–water partition coefficient (Wildman–Crippen LogP) is 4.33. The van der Waals surface area contributed by atoms with Gasteiger partial charge in [-0.15, -0.1) is 0 Å². The predicted molar refractivity (Wildman–Crippen MR) is 108 cm³/mol. The summed E-state index contributed by atoms with van der Waals surface area (Å²) in [5.41, 5.74) is 2.06. The summed E-state index contributed by atoms with van der Waals surface area (Å²) in [6.45, 7) is -0.149. The van der Waals surface area contributed by atoms with Crippen molar-refractivity contribution in [3.8, 4) is 11.3 Å². The standard InChI is InChI=1S/C19H15BrN2O3S/c20-14-6-4-12(5-7-14)18(24)22-19(26)21-15-3-1-2-13(10-15)17-9-8-16(11-23)25-17/h1-10,23H,11H2,(H2,21,22,24,26). The van der Waals surface area contributed by atoms with Crippen LogP contribution in [0.2, 0.25) is 0 Å². The first-order valence-corrected chi connectivity index (χ1v) is 8.93. The third-order valence-electron chi connectivity index (χ3n) is 3.56. The third-order valence-corrected chi connectivity index (χ3v) is 4.29. The molecule has 3 aromatic rings. The smallest absolute Gasteiger partial charge is 0.257 e. The van der Waals surface area contributed by atoms with E-state index in [0.717, 1.165) is 10.0 Å². The zero-order valence-electron chi connectivity index (χ0n) is 13.5. The number of carbonyl (C=O) groups is 1. The summed E-state index contributed by atoms with van der Waals surface area (Å²) in [4.78, 5) is 12.2. The summed E-state index contributed by atoms with van der Waals surface area (Å²) in [5.74, 6) is 0.850. The second kappa shape index (κ2) is 8.27. The van der Waals surface area contributed by atoms with E-state index in [9.17, 15) is 4.79 Å². The van der Waals surface area contributed by atoms with Crippen molar-refractivity contribution < 1.29 is 14.3 Å². The number of anilines is 1. The average Bonchev–Trinajstić information content (AvgIpc) is 3.11. The van der Waals surface area contributed by atoms with E-state index in [1.807, 2.05) is 24.3 Å². The van der Waals surface area contributed by atoms with Gasteiger partial charge in [-0.2, -0.15) is 0 Å². The van der Waals surface area contributed by atoms with Crippen LogP contribution in [0.25, 0.3) is 11.3 Å². The molecule has 2 aromatic carbocycles. The molecule has 0 unspecified atom stereocenters. The van der Waals surface area contributed by atoms with Gasteiger partial charge in [-0.3, -0.25) is 10.1 Å². The molecule has 0 atom stereocenters. The number of hydrogen-bond acceptors (Lipinski definition) is 4. The van der Waals surface area contributed by atoms with E-state index < -0.39 is 0 Å². The van der Waals surface area contributed by atoms with Crippen LogP contribution < -0.4 is 10.6 Å². The molecular weight excluding hydrogens is 416 g/mol. The van der Waals surface area contributed by atoms with Crippen LogP contribution >= 0.6 is 28.1 Å². The van der Waals surface area contributed by atoms with Crippen LogP contribution in [0.15, 0.2) is 69.6 Å². The molecule has 0 aliphatic heterocycles. The Morgan fingerprint density at radius 3 is 2.58 bits per heavy atom. The van der Waals surface area contributed by atoms with Crippen molar-refractivity contribution in [3.63, 3.8) is 0 Å². The number of carbonyl (C=O) groups excluding carboxylic acids is 1. The van der Waals surface area contributed by atoms with Crippen LogP contribution in [0.3, 0.4) is 0 Å². The lowest BCUT2D eigenvalue weighted by molar-refractivity contribution is 0.0977. The van der Waals surface area contributed by atoms with Crippen LogP contribution in [0.1, 0.15) is 16.1 Å². The van der Waals surface area contributed by atoms with Gasteiger partial charge in [0, 0.05) is 21.3 Å². The summed E-state index contributed by atoms with van der Waals surface area (Å²) in [6.07, 6.45) is 0. The second-order valence-electron chi connectivity index (χ2n) is 5.42. The molecule has 0 aliphatic carbocycles. The molecule has 1 aromatic heterocycles. The Balaban J connectivity index is 1.66. The monoisotopic (exact) mass is 430 g/mol. The van der Waals surface area contributed by atoms with Crippen molar-refractivity contribution in [1.29, 1.82) is 0 Å². The molecule has 132 valence electrons. The zero-order valence-corrected chi connectivity index (χ0v) is 15.9. The molecular formula is C19H15BrN2O3S. The number of rotatable bonds is 4. The number of hydrogen-bond donors (Lipinski definition) is 3. The maximum absolute atomic E-state index is 12.2. The van der Waals surface area contributed by atoms with Crippen LogP contribution in [0.4, 0.5) is 5.69 Å². The number of aliphatic hydroxyl groups is 1. The van der Waals surface area contributed by atoms with Crippen LogP contribution in [-0.4, -0.2) is 16.1 Å². The van der Waals surface area contributed by atoms with Crippen molar-refractivity contribution in [2.45, 2.75) is 6.61 Å². The fraction of sp³-hybridized carbons (Fsp3) is 0.0526. The van der Waals surface area contributed by atoms with Gasteiger partial charge in [-0.25, -0.2) is 0 Å². The average molecular weight is 431 g/mol. The van der Waals surface area contributed by atoms with Gasteiger partial charge in [-0.1, -0.05) is 28.1 Å². The van der Waals surface area contributed by atoms with Crippen LogP contribution in [0.5, 0.6) is 0 Å². The van der Waals surface area contributed by atoms with E-state index in [0.29, 0.717) is 22.8 Å². The molecule has 0 aliphatic rings. The van der Waals surface area contributed by atoms with Crippen molar-refractivity contribution in [3.05, 3.63) is 76.5 Å². The largest absolute Gasteiger partial charge is 0.459 e. The lowest BCUT2D eigenvalue weighted by atomic mass is 10.1. The molecule has 3 N–H and O–H groups in total. The Morgan fingerprint density at radius 2 is 1.88 bits per heavy atom. The van der Waals surface area contributed by atoms with E-state index in [4.69, 9.17) is 21.7 Å². The quantitative estimate of drug-likeness (QED) is 0.537. The van der Waals surface area contributed by atoms with Crippen molar-refractivity contribution in [2.24, 2.45) is 0 Å². The lowest BCUT2D eigenvalue weighted by Gasteiger charge is -2.10. The number of nitrogens with one attached hydrogen (secondary N) is 2. The highest BCUT2D eigenvalue weighted by molar-refractivity contribution is 9.10. The summed E-state index contributed by atoms with van der Waals surface area (Å²) in [7, 11) is 0. The minimum absolute atomic E-state index is 0.149. The molecule has 0 saturated carbocycles. The lowest BCUT2D eigenvalue weighted by Crippen LogP contribution is -2.34. The summed E-state index contributed by atoms with van der Waals surface area (Å²) in [5, 5.41) is 14.9. The minimum Gasteiger partial charge on any atom is -0.459 e. The number of benzene rings is 2. The first-order valence-electron chi connectivity index (χ1n) is 7.73. The normalized spacial score (nSPS) is 10.4. The van der Waals surface area contributed by atoms with E-state index in [1.165, 1.54) is 0 Å². The molecule has 0 saturated heterocycles. The number of furan rings is 1. The molecule has 1 heterocycles. The van der Waals surface area contributed by atoms with Gasteiger partial charge in [0.25, 0.3) is 5.91 Å². The summed E-state index contributed by atoms with van der Waals surface area (Å²) < 4.78 is 6.42. The molecule has 7 heteroatoms. The molecule has 5 nitrogen and oxygen atoms in total. The van der Waals surface area contributed by atoms with E-state index >= 15 is 0 Å². The van der Waals surface area contributed by atoms with Gasteiger partial charge in [-0.05, 0) is 60.7 Å². The highest BCUT2D eigenvalue weighted by Gasteiger charge is 2.09. The second-order valence-corrected chi connectivity index (χ2v) is 6.74. The molecule has 1 amide bonds. The first-order chi connectivity index (χ1) is 12.5. The Labute approximate surface area is 164 Å². The topological polar surface area (TPSA) is 74.5 Å². The Kier molecular flexibility index (Phi) is 5.82. The van der Waals surface area contributed by atoms with Gasteiger partial charge in [0.2, 0.25) is 0 Å². The zero-order chi connectivity index (χ0) is 18.5. The van der Waals surface area contributed by atoms with Crippen LogP contribution in [0, 0.1) is 0 Å². The van der Waals surface area contributed by atoms with Crippen molar-refractivity contribution in [1.82, 2.24) is 5.32 Å². The maximum atomic E-state index is 12.2. The number of halogens is 1. The van der Waals surface area contributed by atoms with E-state index in [1.54, 1.807) is 36.4 Å². The highest BCUT2D eigenvalue weighted by Crippen LogP contribution is 2.25. The molecule has 3 rings (SSSR count). The van der Waals surface area contributed by atoms with Crippen molar-refractivity contribution >= 4 is 44.9 Å². The first kappa shape index (κ1) is 18.3. The Morgan fingerprint density at radius 1 is 1.12 bits per heavy atom. The van der Waals surface area contributed by atoms with Gasteiger partial charge in [0.05, 0.1) is 0 Å². The maximum Gasteiger partial charge on any atom is 0.257 e. The third kappa shape index (κ3) is 4.57. The molecule has 0 spiro atoms. The van der Waals surface area contributed by atoms with E-state index in [2.05, 4.69) is 26.6 Å². The Bertz CT molecular complexity index is 938. The molecule has 0 radical (unpaired) electrons. The fourth-order valence-electron chi connectivity index (χ4n) is 2.31. The van der Waals surface area contributed by atoms with E-state index in [-0.39, 0.29) is 17.6 Å². The highest BCUT2D eigenvalue weighted by atomic mass is 79.9. The summed E-state index contributed by atoms with van der Waals surface area (Å²) >= 11 is 8.54. The molecule has 0 bridgehead atoms. The van der Waals surface area contributed by atoms with Gasteiger partial charge in [0.1, 0.15) is 18.1 Å². The number of thiocarbonyl (C=S) groups is 1. The number of amides is 1. The SMILES string of the molecule is O=C(NC(=S)Nc1cccc(-c2ccc(CO)o2)c1)c1ccc(Br)cc1. The van der Waals surface area contributed by atoms with Gasteiger partial charge < -0.3 is 14.8 Å². The fourth-order valence-corrected chi connectivity index (χ4v) is 2.78. The van der Waals surface area contributed by atoms with Crippen molar-refractivity contribution in [2.75, 3.05) is 5.32 Å². The Hall–Kier alpha value is -2.48. The molecule has 0 fully saturated rings. The van der Waals surface area contributed by atoms with Gasteiger partial charge in [0.15, 0.2) is 5.11 Å². The van der Waals surface area contributed by atoms with Gasteiger partial charge >= 0.3 is 0 Å². The summed E-state index contributed by atoms with van der Waals surface area (Å²) in [6, 6.07) is 17.9.